The predicted molar refractivity (Wildman–Crippen MR) is 99.3 cm³/mol. The van der Waals surface area contributed by atoms with Gasteiger partial charge in [-0.3, -0.25) is 4.79 Å². The molecule has 10 heteroatoms. The molecule has 144 valence electrons. The number of phenols is 1. The smallest absolute Gasteiger partial charge is 0.338 e. The number of aromatic hydroxyl groups is 1. The molecule has 0 saturated heterocycles. The Balaban J connectivity index is 2.06. The van der Waals surface area contributed by atoms with Gasteiger partial charge >= 0.3 is 5.97 Å². The average molecular weight is 413 g/mol. The molecule has 0 aliphatic heterocycles. The zero-order valence-electron chi connectivity index (χ0n) is 14.5. The molecule has 0 fully saturated rings. The molecule has 0 aliphatic carbocycles. The van der Waals surface area contributed by atoms with E-state index in [-0.39, 0.29) is 26.9 Å². The van der Waals surface area contributed by atoms with Crippen LogP contribution in [-0.4, -0.2) is 50.4 Å². The van der Waals surface area contributed by atoms with E-state index in [9.17, 15) is 23.1 Å². The summed E-state index contributed by atoms with van der Waals surface area (Å²) < 4.78 is 30.2. The number of phenolic OH excluding ortho intramolecular Hbond substituents is 1. The highest BCUT2D eigenvalue weighted by molar-refractivity contribution is 7.89. The lowest BCUT2D eigenvalue weighted by Crippen LogP contribution is -2.23. The number of nitrogens with zero attached hydrogens (tertiary/aromatic N) is 1. The second-order valence-corrected chi connectivity index (χ2v) is 8.16. The number of esters is 1. The molecule has 27 heavy (non-hydrogen) atoms. The van der Waals surface area contributed by atoms with Crippen LogP contribution in [0.1, 0.15) is 10.4 Å². The highest BCUT2D eigenvalue weighted by Gasteiger charge is 2.19. The molecule has 0 atom stereocenters. The van der Waals surface area contributed by atoms with E-state index >= 15 is 0 Å². The first-order chi connectivity index (χ1) is 12.6. The Morgan fingerprint density at radius 2 is 1.89 bits per heavy atom. The summed E-state index contributed by atoms with van der Waals surface area (Å²) in [4.78, 5) is 23.8. The lowest BCUT2D eigenvalue weighted by atomic mass is 10.2. The number of carbonyl (C=O) groups excluding carboxylic acids is 2. The van der Waals surface area contributed by atoms with Crippen molar-refractivity contribution < 1.29 is 27.9 Å². The Kier molecular flexibility index (Phi) is 6.42. The molecule has 0 aromatic heterocycles. The minimum Gasteiger partial charge on any atom is -0.508 e. The molecule has 2 aromatic carbocycles. The highest BCUT2D eigenvalue weighted by Crippen LogP contribution is 2.26. The molecule has 0 heterocycles. The average Bonchev–Trinajstić information content (AvgIpc) is 2.61. The lowest BCUT2D eigenvalue weighted by Gasteiger charge is -2.14. The third kappa shape index (κ3) is 5.19. The van der Waals surface area contributed by atoms with Crippen molar-refractivity contribution in [3.8, 4) is 5.75 Å². The molecule has 0 saturated carbocycles. The first-order valence-electron chi connectivity index (χ1n) is 7.59. The normalized spacial score (nSPS) is 11.3. The number of anilines is 1. The van der Waals surface area contributed by atoms with Crippen LogP contribution in [0.15, 0.2) is 47.4 Å². The summed E-state index contributed by atoms with van der Waals surface area (Å²) in [5.41, 5.74) is 0.151. The number of benzene rings is 2. The largest absolute Gasteiger partial charge is 0.508 e. The van der Waals surface area contributed by atoms with Crippen molar-refractivity contribution in [1.29, 1.82) is 0 Å². The van der Waals surface area contributed by atoms with Gasteiger partial charge in [0.2, 0.25) is 10.0 Å². The van der Waals surface area contributed by atoms with E-state index in [0.29, 0.717) is 0 Å². The lowest BCUT2D eigenvalue weighted by molar-refractivity contribution is -0.119. The fourth-order valence-corrected chi connectivity index (χ4v) is 3.10. The molecular weight excluding hydrogens is 396 g/mol. The van der Waals surface area contributed by atoms with E-state index in [1.807, 2.05) is 0 Å². The summed E-state index contributed by atoms with van der Waals surface area (Å²) in [6.07, 6.45) is 0. The van der Waals surface area contributed by atoms with Crippen LogP contribution in [0.5, 0.6) is 5.75 Å². The van der Waals surface area contributed by atoms with Crippen LogP contribution in [0.3, 0.4) is 0 Å². The third-order valence-electron chi connectivity index (χ3n) is 3.41. The SMILES string of the molecule is CN(C)S(=O)(=O)c1ccc(Cl)c(NC(=O)COC(=O)c2cccc(O)c2)c1. The monoisotopic (exact) mass is 412 g/mol. The number of rotatable bonds is 6. The van der Waals surface area contributed by atoms with Gasteiger partial charge in [0.1, 0.15) is 5.75 Å². The summed E-state index contributed by atoms with van der Waals surface area (Å²) >= 11 is 5.99. The van der Waals surface area contributed by atoms with Crippen molar-refractivity contribution >= 4 is 39.2 Å². The van der Waals surface area contributed by atoms with E-state index in [1.54, 1.807) is 0 Å². The molecule has 2 aromatic rings. The zero-order chi connectivity index (χ0) is 20.2. The minimum atomic E-state index is -3.70. The van der Waals surface area contributed by atoms with E-state index in [1.165, 1.54) is 56.6 Å². The van der Waals surface area contributed by atoms with Crippen LogP contribution in [0.4, 0.5) is 5.69 Å². The summed E-state index contributed by atoms with van der Waals surface area (Å²) in [5, 5.41) is 11.9. The van der Waals surface area contributed by atoms with Gasteiger partial charge < -0.3 is 15.2 Å². The number of sulfonamides is 1. The maximum atomic E-state index is 12.2. The molecular formula is C17H17ClN2O6S. The van der Waals surface area contributed by atoms with E-state index in [4.69, 9.17) is 16.3 Å². The number of halogens is 1. The van der Waals surface area contributed by atoms with Crippen LogP contribution in [0.2, 0.25) is 5.02 Å². The number of nitrogens with one attached hydrogen (secondary N) is 1. The molecule has 0 spiro atoms. The standard InChI is InChI=1S/C17H17ClN2O6S/c1-20(2)27(24,25)13-6-7-14(18)15(9-13)19-16(22)10-26-17(23)11-4-3-5-12(21)8-11/h3-9,21H,10H2,1-2H3,(H,19,22). The maximum absolute atomic E-state index is 12.2. The fourth-order valence-electron chi connectivity index (χ4n) is 2.01. The topological polar surface area (TPSA) is 113 Å². The number of ether oxygens (including phenoxy) is 1. The Morgan fingerprint density at radius 1 is 1.19 bits per heavy atom. The van der Waals surface area contributed by atoms with E-state index < -0.39 is 28.5 Å². The molecule has 0 unspecified atom stereocenters. The van der Waals surface area contributed by atoms with Gasteiger partial charge in [-0.25, -0.2) is 17.5 Å². The first kappa shape index (κ1) is 20.7. The van der Waals surface area contributed by atoms with Crippen LogP contribution in [0.25, 0.3) is 0 Å². The molecule has 1 amide bonds. The summed E-state index contributed by atoms with van der Waals surface area (Å²) in [6, 6.07) is 9.34. The van der Waals surface area contributed by atoms with Crippen molar-refractivity contribution in [1.82, 2.24) is 4.31 Å². The number of hydrogen-bond donors (Lipinski definition) is 2. The number of carbonyl (C=O) groups is 2. The van der Waals surface area contributed by atoms with Gasteiger partial charge in [0.25, 0.3) is 5.91 Å². The highest BCUT2D eigenvalue weighted by atomic mass is 35.5. The van der Waals surface area contributed by atoms with Crippen molar-refractivity contribution in [3.05, 3.63) is 53.1 Å². The van der Waals surface area contributed by atoms with Gasteiger partial charge in [-0.1, -0.05) is 17.7 Å². The molecule has 0 aliphatic rings. The number of amides is 1. The van der Waals surface area contributed by atoms with Crippen molar-refractivity contribution in [3.63, 3.8) is 0 Å². The molecule has 0 radical (unpaired) electrons. The summed E-state index contributed by atoms with van der Waals surface area (Å²) in [7, 11) is -0.947. The molecule has 2 N–H and O–H groups in total. The van der Waals surface area contributed by atoms with E-state index in [0.717, 1.165) is 4.31 Å². The van der Waals surface area contributed by atoms with Gasteiger partial charge in [-0.05, 0) is 36.4 Å². The zero-order valence-corrected chi connectivity index (χ0v) is 16.0. The maximum Gasteiger partial charge on any atom is 0.338 e. The van der Waals surface area contributed by atoms with Crippen LogP contribution < -0.4 is 5.32 Å². The number of hydrogen-bond acceptors (Lipinski definition) is 6. The van der Waals surface area contributed by atoms with Crippen LogP contribution in [0, 0.1) is 0 Å². The minimum absolute atomic E-state index is 0.0519. The third-order valence-corrected chi connectivity index (χ3v) is 5.55. The molecule has 0 bridgehead atoms. The van der Waals surface area contributed by atoms with Crippen LogP contribution in [-0.2, 0) is 19.6 Å². The second kappa shape index (κ2) is 8.38. The predicted octanol–water partition coefficient (Wildman–Crippen LogP) is 2.09. The Hall–Kier alpha value is -2.62. The Morgan fingerprint density at radius 3 is 2.52 bits per heavy atom. The van der Waals surface area contributed by atoms with Crippen LogP contribution >= 0.6 is 11.6 Å². The fraction of sp³-hybridized carbons (Fsp3) is 0.176. The molecule has 8 nitrogen and oxygen atoms in total. The van der Waals surface area contributed by atoms with Crippen molar-refractivity contribution in [2.24, 2.45) is 0 Å². The van der Waals surface area contributed by atoms with Gasteiger partial charge in [0.05, 0.1) is 21.2 Å². The van der Waals surface area contributed by atoms with Gasteiger partial charge in [0.15, 0.2) is 6.61 Å². The van der Waals surface area contributed by atoms with Crippen molar-refractivity contribution in [2.75, 3.05) is 26.0 Å². The second-order valence-electron chi connectivity index (χ2n) is 5.60. The first-order valence-corrected chi connectivity index (χ1v) is 9.41. The van der Waals surface area contributed by atoms with Gasteiger partial charge in [0, 0.05) is 14.1 Å². The summed E-state index contributed by atoms with van der Waals surface area (Å²) in [5.74, 6) is -1.61. The molecule has 2 rings (SSSR count). The van der Waals surface area contributed by atoms with Gasteiger partial charge in [-0.15, -0.1) is 0 Å². The Labute approximate surface area is 161 Å². The van der Waals surface area contributed by atoms with Crippen molar-refractivity contribution in [2.45, 2.75) is 4.90 Å². The van der Waals surface area contributed by atoms with Gasteiger partial charge in [-0.2, -0.15) is 0 Å². The summed E-state index contributed by atoms with van der Waals surface area (Å²) in [6.45, 7) is -0.616. The Bertz CT molecular complexity index is 975. The quantitative estimate of drug-likeness (QED) is 0.702. The van der Waals surface area contributed by atoms with E-state index in [2.05, 4.69) is 5.32 Å².